The van der Waals surface area contributed by atoms with E-state index in [-0.39, 0.29) is 29.4 Å². The average molecular weight is 457 g/mol. The maximum absolute atomic E-state index is 5.34. The highest BCUT2D eigenvalue weighted by Crippen LogP contribution is 2.27. The molecular formula is C20H32IN3O. The molecule has 0 spiro atoms. The van der Waals surface area contributed by atoms with Crippen molar-refractivity contribution in [3.63, 3.8) is 0 Å². The minimum atomic E-state index is 0. The van der Waals surface area contributed by atoms with Gasteiger partial charge in [0.2, 0.25) is 0 Å². The Morgan fingerprint density at radius 2 is 1.92 bits per heavy atom. The van der Waals surface area contributed by atoms with E-state index in [0.29, 0.717) is 0 Å². The molecule has 4 nitrogen and oxygen atoms in total. The van der Waals surface area contributed by atoms with Crippen molar-refractivity contribution >= 4 is 29.9 Å². The Bertz CT molecular complexity index is 537. The Labute approximate surface area is 169 Å². The second kappa shape index (κ2) is 9.76. The molecule has 0 radical (unpaired) electrons. The molecule has 1 aromatic rings. The molecule has 2 aliphatic heterocycles. The molecule has 1 N–H and O–H groups in total. The highest BCUT2D eigenvalue weighted by Gasteiger charge is 2.33. The van der Waals surface area contributed by atoms with E-state index in [9.17, 15) is 0 Å². The van der Waals surface area contributed by atoms with Crippen LogP contribution < -0.4 is 5.32 Å². The number of rotatable bonds is 5. The van der Waals surface area contributed by atoms with Crippen LogP contribution in [0.4, 0.5) is 0 Å². The zero-order valence-corrected chi connectivity index (χ0v) is 17.9. The predicted molar refractivity (Wildman–Crippen MR) is 115 cm³/mol. The monoisotopic (exact) mass is 457 g/mol. The van der Waals surface area contributed by atoms with Gasteiger partial charge in [0.1, 0.15) is 0 Å². The number of hydrogen-bond acceptors (Lipinski definition) is 2. The molecule has 1 aromatic carbocycles. The van der Waals surface area contributed by atoms with Crippen LogP contribution >= 0.6 is 24.0 Å². The summed E-state index contributed by atoms with van der Waals surface area (Å²) < 4.78 is 5.34. The first-order valence-corrected chi connectivity index (χ1v) is 9.33. The molecule has 2 fully saturated rings. The minimum absolute atomic E-state index is 0. The molecule has 140 valence electrons. The summed E-state index contributed by atoms with van der Waals surface area (Å²) in [6, 6.07) is 10.9. The van der Waals surface area contributed by atoms with E-state index in [1.165, 1.54) is 24.8 Å². The van der Waals surface area contributed by atoms with E-state index in [1.54, 1.807) is 0 Å². The fourth-order valence-electron chi connectivity index (χ4n) is 3.53. The van der Waals surface area contributed by atoms with Crippen LogP contribution in [0.5, 0.6) is 0 Å². The summed E-state index contributed by atoms with van der Waals surface area (Å²) in [4.78, 5) is 7.33. The smallest absolute Gasteiger partial charge is 0.193 e. The number of hydrogen-bond donors (Lipinski definition) is 1. The van der Waals surface area contributed by atoms with Crippen molar-refractivity contribution in [1.29, 1.82) is 0 Å². The summed E-state index contributed by atoms with van der Waals surface area (Å²) in [5.41, 5.74) is 1.71. The summed E-state index contributed by atoms with van der Waals surface area (Å²) >= 11 is 0. The first-order chi connectivity index (χ1) is 11.7. The molecule has 0 atom stereocenters. The Hall–Kier alpha value is -0.820. The quantitative estimate of drug-likeness (QED) is 0.418. The van der Waals surface area contributed by atoms with E-state index in [1.807, 2.05) is 0 Å². The lowest BCUT2D eigenvalue weighted by Crippen LogP contribution is -2.48. The summed E-state index contributed by atoms with van der Waals surface area (Å²) in [7, 11) is 0. The van der Waals surface area contributed by atoms with Crippen LogP contribution in [0.25, 0.3) is 0 Å². The van der Waals surface area contributed by atoms with Gasteiger partial charge < -0.3 is 15.0 Å². The van der Waals surface area contributed by atoms with Crippen molar-refractivity contribution in [1.82, 2.24) is 10.2 Å². The van der Waals surface area contributed by atoms with E-state index in [2.05, 4.69) is 54.4 Å². The summed E-state index contributed by atoms with van der Waals surface area (Å²) in [5.74, 6) is 1.88. The second-order valence-corrected chi connectivity index (χ2v) is 7.59. The maximum atomic E-state index is 5.34. The van der Waals surface area contributed by atoms with E-state index in [0.717, 1.165) is 51.3 Å². The third-order valence-electron chi connectivity index (χ3n) is 5.13. The van der Waals surface area contributed by atoms with Gasteiger partial charge in [0.15, 0.2) is 5.96 Å². The Balaban J connectivity index is 0.00000225. The van der Waals surface area contributed by atoms with Gasteiger partial charge in [0.25, 0.3) is 0 Å². The zero-order chi connectivity index (χ0) is 16.8. The number of nitrogens with zero attached hydrogens (tertiary/aromatic N) is 2. The standard InChI is InChI=1S/C20H31N3O.HI/c1-3-21-19(22-14-20(2)15-24-16-20)23-11-9-18(10-12-23)13-17-7-5-4-6-8-17;/h4-8,18H,3,9-16H2,1-2H3,(H,21,22);1H. The number of ether oxygens (including phenoxy) is 1. The van der Waals surface area contributed by atoms with Gasteiger partial charge in [0, 0.05) is 25.0 Å². The van der Waals surface area contributed by atoms with Gasteiger partial charge in [-0.25, -0.2) is 0 Å². The van der Waals surface area contributed by atoms with Crippen LogP contribution in [0.1, 0.15) is 32.3 Å². The highest BCUT2D eigenvalue weighted by molar-refractivity contribution is 14.0. The summed E-state index contributed by atoms with van der Waals surface area (Å²) in [5, 5.41) is 3.47. The molecular weight excluding hydrogens is 425 g/mol. The molecule has 0 aromatic heterocycles. The molecule has 25 heavy (non-hydrogen) atoms. The molecule has 0 bridgehead atoms. The van der Waals surface area contributed by atoms with Crippen LogP contribution in [0.2, 0.25) is 0 Å². The Kier molecular flexibility index (Phi) is 8.00. The zero-order valence-electron chi connectivity index (χ0n) is 15.5. The van der Waals surface area contributed by atoms with Crippen molar-refractivity contribution < 1.29 is 4.74 Å². The lowest BCUT2D eigenvalue weighted by Gasteiger charge is -2.38. The molecule has 2 aliphatic rings. The van der Waals surface area contributed by atoms with E-state index in [4.69, 9.17) is 9.73 Å². The number of likely N-dealkylation sites (tertiary alicyclic amines) is 1. The van der Waals surface area contributed by atoms with Crippen LogP contribution in [0, 0.1) is 11.3 Å². The van der Waals surface area contributed by atoms with Gasteiger partial charge in [-0.15, -0.1) is 24.0 Å². The maximum Gasteiger partial charge on any atom is 0.193 e. The SMILES string of the molecule is CCNC(=NCC1(C)COC1)N1CCC(Cc2ccccc2)CC1.I. The highest BCUT2D eigenvalue weighted by atomic mass is 127. The molecule has 0 unspecified atom stereocenters. The van der Waals surface area contributed by atoms with Gasteiger partial charge in [-0.05, 0) is 37.7 Å². The minimum Gasteiger partial charge on any atom is -0.380 e. The third kappa shape index (κ3) is 5.84. The van der Waals surface area contributed by atoms with Gasteiger partial charge in [0.05, 0.1) is 19.8 Å². The van der Waals surface area contributed by atoms with Crippen LogP contribution in [0.15, 0.2) is 35.3 Å². The topological polar surface area (TPSA) is 36.9 Å². The van der Waals surface area contributed by atoms with E-state index >= 15 is 0 Å². The van der Waals surface area contributed by atoms with Gasteiger partial charge in [-0.3, -0.25) is 4.99 Å². The summed E-state index contributed by atoms with van der Waals surface area (Å²) in [6.45, 7) is 10.1. The number of piperidine rings is 1. The number of nitrogens with one attached hydrogen (secondary N) is 1. The van der Waals surface area contributed by atoms with Crippen molar-refractivity contribution in [2.75, 3.05) is 39.4 Å². The van der Waals surface area contributed by atoms with Crippen LogP contribution in [-0.2, 0) is 11.2 Å². The largest absolute Gasteiger partial charge is 0.380 e. The summed E-state index contributed by atoms with van der Waals surface area (Å²) in [6.07, 6.45) is 3.71. The average Bonchev–Trinajstić information content (AvgIpc) is 2.59. The van der Waals surface area contributed by atoms with Crippen LogP contribution in [0.3, 0.4) is 0 Å². The van der Waals surface area contributed by atoms with E-state index < -0.39 is 0 Å². The lowest BCUT2D eigenvalue weighted by molar-refractivity contribution is -0.0946. The predicted octanol–water partition coefficient (Wildman–Crippen LogP) is 3.56. The number of guanidine groups is 1. The second-order valence-electron chi connectivity index (χ2n) is 7.59. The molecule has 0 aliphatic carbocycles. The molecule has 2 heterocycles. The fourth-order valence-corrected chi connectivity index (χ4v) is 3.53. The molecule has 0 amide bonds. The number of aliphatic imine (C=N–C) groups is 1. The van der Waals surface area contributed by atoms with Gasteiger partial charge in [-0.2, -0.15) is 0 Å². The van der Waals surface area contributed by atoms with Crippen molar-refractivity contribution in [3.8, 4) is 0 Å². The fraction of sp³-hybridized carbons (Fsp3) is 0.650. The first kappa shape index (κ1) is 20.5. The lowest BCUT2D eigenvalue weighted by atomic mass is 9.89. The van der Waals surface area contributed by atoms with Gasteiger partial charge >= 0.3 is 0 Å². The molecule has 2 saturated heterocycles. The normalized spacial score (nSPS) is 20.6. The third-order valence-corrected chi connectivity index (χ3v) is 5.13. The molecule has 3 rings (SSSR count). The van der Waals surface area contributed by atoms with Crippen molar-refractivity contribution in [2.45, 2.75) is 33.1 Å². The van der Waals surface area contributed by atoms with Crippen molar-refractivity contribution in [2.24, 2.45) is 16.3 Å². The Morgan fingerprint density at radius 3 is 2.48 bits per heavy atom. The Morgan fingerprint density at radius 1 is 1.24 bits per heavy atom. The number of halogens is 1. The number of benzene rings is 1. The van der Waals surface area contributed by atoms with Gasteiger partial charge in [-0.1, -0.05) is 37.3 Å². The molecule has 0 saturated carbocycles. The molecule has 5 heteroatoms. The first-order valence-electron chi connectivity index (χ1n) is 9.33. The van der Waals surface area contributed by atoms with Crippen LogP contribution in [-0.4, -0.2) is 50.3 Å². The van der Waals surface area contributed by atoms with Crippen molar-refractivity contribution in [3.05, 3.63) is 35.9 Å².